The number of hydrogen-bond donors (Lipinski definition) is 0. The van der Waals surface area contributed by atoms with E-state index in [2.05, 4.69) is 431 Å². The Balaban J connectivity index is 0.000000143. The molecule has 0 unspecified atom stereocenters. The van der Waals surface area contributed by atoms with E-state index in [1.807, 2.05) is 0 Å². The molecule has 0 fully saturated rings. The SMILES string of the molecule is c1ccc(N(c2ccc(-c3ccc(-n4c5ccccc5c5ccccc54)cc3)cc2)c2ccc(-c3cc4ccccc4c4ccccc34)cc2)cc1.c1ccc(N(c2ccc(-c3ccc(-n4c5ccccc5c5ccccc54)cc3)cc2)c2ccc(-c3ccc4c(ccc5ccccc54)c3)cc2)cc1. The molecule has 104 heavy (non-hydrogen) atoms. The van der Waals surface area contributed by atoms with Gasteiger partial charge in [-0.1, -0.05) is 279 Å². The second-order valence-electron chi connectivity index (χ2n) is 26.8. The van der Waals surface area contributed by atoms with Crippen molar-refractivity contribution in [3.8, 4) is 55.9 Å². The zero-order valence-electron chi connectivity index (χ0n) is 57.0. The van der Waals surface area contributed by atoms with E-state index in [0.717, 1.165) is 45.5 Å². The average molecular weight is 1330 g/mol. The average Bonchev–Trinajstić information content (AvgIpc) is 1.59. The van der Waals surface area contributed by atoms with Crippen molar-refractivity contribution >= 4 is 121 Å². The molecule has 18 aromatic carbocycles. The van der Waals surface area contributed by atoms with Gasteiger partial charge in [0.1, 0.15) is 0 Å². The topological polar surface area (TPSA) is 16.3 Å². The number of benzene rings is 18. The lowest BCUT2D eigenvalue weighted by molar-refractivity contribution is 1.18. The minimum atomic E-state index is 1.11. The quantitative estimate of drug-likeness (QED) is 0.113. The second kappa shape index (κ2) is 26.4. The highest BCUT2D eigenvalue weighted by molar-refractivity contribution is 6.15. The van der Waals surface area contributed by atoms with Crippen LogP contribution < -0.4 is 9.80 Å². The van der Waals surface area contributed by atoms with Crippen LogP contribution in [-0.2, 0) is 0 Å². The van der Waals surface area contributed by atoms with Crippen LogP contribution in [0.15, 0.2) is 413 Å². The van der Waals surface area contributed by atoms with Gasteiger partial charge < -0.3 is 18.9 Å². The van der Waals surface area contributed by atoms with Gasteiger partial charge in [-0.3, -0.25) is 0 Å². The Bertz CT molecular complexity index is 6430. The molecule has 2 heterocycles. The Labute approximate surface area is 604 Å². The summed E-state index contributed by atoms with van der Waals surface area (Å²) in [6.45, 7) is 0. The molecular weight excluding hydrogens is 1260 g/mol. The smallest absolute Gasteiger partial charge is 0.0541 e. The third-order valence-electron chi connectivity index (χ3n) is 20.8. The number of nitrogens with zero attached hydrogens (tertiary/aromatic N) is 4. The van der Waals surface area contributed by atoms with E-state index in [1.165, 1.54) is 131 Å². The summed E-state index contributed by atoms with van der Waals surface area (Å²) in [6, 6.07) is 149. The fraction of sp³-hybridized carbons (Fsp3) is 0. The number of fused-ring (bicyclic) bond motifs is 12. The predicted octanol–water partition coefficient (Wildman–Crippen LogP) is 27.8. The third-order valence-corrected chi connectivity index (χ3v) is 20.8. The summed E-state index contributed by atoms with van der Waals surface area (Å²) in [6.07, 6.45) is 0. The monoisotopic (exact) mass is 1320 g/mol. The molecule has 0 saturated heterocycles. The van der Waals surface area contributed by atoms with Crippen LogP contribution in [0.1, 0.15) is 0 Å². The van der Waals surface area contributed by atoms with Gasteiger partial charge in [-0.05, 0) is 221 Å². The molecule has 488 valence electrons. The van der Waals surface area contributed by atoms with E-state index in [0.29, 0.717) is 0 Å². The van der Waals surface area contributed by atoms with Crippen LogP contribution in [0.3, 0.4) is 0 Å². The fourth-order valence-electron chi connectivity index (χ4n) is 15.7. The van der Waals surface area contributed by atoms with E-state index in [-0.39, 0.29) is 0 Å². The van der Waals surface area contributed by atoms with Crippen molar-refractivity contribution in [2.75, 3.05) is 9.80 Å². The van der Waals surface area contributed by atoms with Crippen molar-refractivity contribution < 1.29 is 0 Å². The lowest BCUT2D eigenvalue weighted by Gasteiger charge is -2.26. The molecule has 0 bridgehead atoms. The molecule has 0 amide bonds. The minimum Gasteiger partial charge on any atom is -0.311 e. The van der Waals surface area contributed by atoms with Gasteiger partial charge in [-0.25, -0.2) is 0 Å². The van der Waals surface area contributed by atoms with Gasteiger partial charge in [0, 0.05) is 67.0 Å². The molecule has 0 N–H and O–H groups in total. The van der Waals surface area contributed by atoms with E-state index in [9.17, 15) is 0 Å². The Morgan fingerprint density at radius 2 is 0.423 bits per heavy atom. The van der Waals surface area contributed by atoms with Gasteiger partial charge in [0.2, 0.25) is 0 Å². The van der Waals surface area contributed by atoms with Gasteiger partial charge >= 0.3 is 0 Å². The molecule has 4 nitrogen and oxygen atoms in total. The fourth-order valence-corrected chi connectivity index (χ4v) is 15.7. The molecule has 0 aliphatic rings. The largest absolute Gasteiger partial charge is 0.311 e. The molecule has 0 aliphatic carbocycles. The standard InChI is InChI=1S/2C50H34N2/c1-2-11-41(12-3-1)51(43-29-24-37(25-30-43)39-26-33-46-40(34-39)19-18-38-10-4-5-13-45(38)46)42-27-20-35(21-28-42)36-22-31-44(32-23-36)52-49-16-8-6-14-47(49)48-15-7-9-17-50(48)52;1-2-13-39(14-3-1)51(41-32-26-37(27-33-41)48-34-38-12-4-5-15-43(38)44-16-6-7-17-45(44)48)40-28-22-35(23-29-40)36-24-30-42(31-25-36)52-49-20-10-8-18-46(49)47-19-9-11-21-50(47)52/h2*1-34H. The minimum absolute atomic E-state index is 1.11. The number of aromatic nitrogens is 2. The maximum atomic E-state index is 2.36. The molecule has 2 aromatic heterocycles. The molecule has 0 aliphatic heterocycles. The van der Waals surface area contributed by atoms with Crippen LogP contribution in [0.4, 0.5) is 34.1 Å². The maximum Gasteiger partial charge on any atom is 0.0541 e. The molecule has 20 aromatic rings. The Morgan fingerprint density at radius 3 is 0.846 bits per heavy atom. The van der Waals surface area contributed by atoms with E-state index >= 15 is 0 Å². The van der Waals surface area contributed by atoms with E-state index < -0.39 is 0 Å². The van der Waals surface area contributed by atoms with Crippen molar-refractivity contribution in [3.05, 3.63) is 413 Å². The van der Waals surface area contributed by atoms with Crippen LogP contribution in [0, 0.1) is 0 Å². The third kappa shape index (κ3) is 11.2. The summed E-state index contributed by atoms with van der Waals surface area (Å²) in [5, 5.41) is 15.3. The molecule has 4 heteroatoms. The zero-order valence-corrected chi connectivity index (χ0v) is 57.0. The van der Waals surface area contributed by atoms with Gasteiger partial charge in [0.05, 0.1) is 22.1 Å². The highest BCUT2D eigenvalue weighted by Gasteiger charge is 2.19. The highest BCUT2D eigenvalue weighted by Crippen LogP contribution is 2.43. The van der Waals surface area contributed by atoms with Crippen LogP contribution in [-0.4, -0.2) is 9.13 Å². The number of para-hydroxylation sites is 6. The Kier molecular flexibility index (Phi) is 15.5. The maximum absolute atomic E-state index is 2.36. The summed E-state index contributed by atoms with van der Waals surface area (Å²) < 4.78 is 4.73. The van der Waals surface area contributed by atoms with Gasteiger partial charge in [-0.2, -0.15) is 0 Å². The summed E-state index contributed by atoms with van der Waals surface area (Å²) in [4.78, 5) is 4.66. The van der Waals surface area contributed by atoms with Crippen LogP contribution in [0.2, 0.25) is 0 Å². The van der Waals surface area contributed by atoms with Gasteiger partial charge in [0.25, 0.3) is 0 Å². The summed E-state index contributed by atoms with van der Waals surface area (Å²) in [5.41, 5.74) is 23.5. The Morgan fingerprint density at radius 1 is 0.154 bits per heavy atom. The normalized spacial score (nSPS) is 11.5. The summed E-state index contributed by atoms with van der Waals surface area (Å²) in [5.74, 6) is 0. The molecule has 0 radical (unpaired) electrons. The predicted molar refractivity (Wildman–Crippen MR) is 443 cm³/mol. The number of anilines is 6. The van der Waals surface area contributed by atoms with Crippen LogP contribution in [0.25, 0.3) is 143 Å². The van der Waals surface area contributed by atoms with Crippen LogP contribution >= 0.6 is 0 Å². The zero-order chi connectivity index (χ0) is 68.9. The van der Waals surface area contributed by atoms with Crippen LogP contribution in [0.5, 0.6) is 0 Å². The van der Waals surface area contributed by atoms with Crippen molar-refractivity contribution in [1.82, 2.24) is 9.13 Å². The summed E-state index contributed by atoms with van der Waals surface area (Å²) in [7, 11) is 0. The molecule has 0 spiro atoms. The number of hydrogen-bond acceptors (Lipinski definition) is 2. The van der Waals surface area contributed by atoms with Gasteiger partial charge in [-0.15, -0.1) is 0 Å². The molecular formula is C100H68N4. The molecule has 0 saturated carbocycles. The van der Waals surface area contributed by atoms with Crippen molar-refractivity contribution in [3.63, 3.8) is 0 Å². The lowest BCUT2D eigenvalue weighted by atomic mass is 9.93. The first-order valence-corrected chi connectivity index (χ1v) is 35.7. The summed E-state index contributed by atoms with van der Waals surface area (Å²) >= 11 is 0. The first kappa shape index (κ1) is 61.3. The van der Waals surface area contributed by atoms with Crippen molar-refractivity contribution in [2.24, 2.45) is 0 Å². The highest BCUT2D eigenvalue weighted by atomic mass is 15.1. The Hall–Kier alpha value is -13.8. The molecule has 20 rings (SSSR count). The molecule has 0 atom stereocenters. The van der Waals surface area contributed by atoms with Gasteiger partial charge in [0.15, 0.2) is 0 Å². The van der Waals surface area contributed by atoms with E-state index in [4.69, 9.17) is 0 Å². The lowest BCUT2D eigenvalue weighted by Crippen LogP contribution is -2.09. The first-order chi connectivity index (χ1) is 51.6. The first-order valence-electron chi connectivity index (χ1n) is 35.7. The number of rotatable bonds is 12. The van der Waals surface area contributed by atoms with Crippen molar-refractivity contribution in [2.45, 2.75) is 0 Å². The van der Waals surface area contributed by atoms with Crippen molar-refractivity contribution in [1.29, 1.82) is 0 Å². The van der Waals surface area contributed by atoms with E-state index in [1.54, 1.807) is 0 Å². The second-order valence-corrected chi connectivity index (χ2v) is 26.8.